The van der Waals surface area contributed by atoms with Gasteiger partial charge in [0.2, 0.25) is 0 Å². The number of hydrogen-bond acceptors (Lipinski definition) is 10. The second-order valence-corrected chi connectivity index (χ2v) is 13.3. The molecule has 0 saturated carbocycles. The third-order valence-electron chi connectivity index (χ3n) is 7.11. The molecule has 0 heterocycles. The number of para-hydroxylation sites is 2. The smallest absolute Gasteiger partial charge is 0.272 e. The van der Waals surface area contributed by atoms with Gasteiger partial charge < -0.3 is 30.3 Å². The highest BCUT2D eigenvalue weighted by Crippen LogP contribution is 2.34. The first kappa shape index (κ1) is 41.7. The summed E-state index contributed by atoms with van der Waals surface area (Å²) in [6, 6.07) is 17.7. The van der Waals surface area contributed by atoms with Gasteiger partial charge in [0.1, 0.15) is 13.2 Å². The van der Waals surface area contributed by atoms with E-state index in [-0.39, 0.29) is 43.0 Å². The second kappa shape index (κ2) is 17.7. The Morgan fingerprint density at radius 1 is 0.654 bits per heavy atom. The lowest BCUT2D eigenvalue weighted by molar-refractivity contribution is -0.385. The van der Waals surface area contributed by atoms with E-state index in [1.165, 1.54) is 50.2 Å². The zero-order valence-electron chi connectivity index (χ0n) is 27.9. The van der Waals surface area contributed by atoms with E-state index in [0.29, 0.717) is 22.5 Å². The van der Waals surface area contributed by atoms with Crippen molar-refractivity contribution in [2.45, 2.75) is 38.9 Å². The maximum Gasteiger partial charge on any atom is 0.272 e. The predicted molar refractivity (Wildman–Crippen MR) is 198 cm³/mol. The molecule has 4 rings (SSSR count). The van der Waals surface area contributed by atoms with Gasteiger partial charge in [-0.1, -0.05) is 58.5 Å². The Labute approximate surface area is 317 Å². The summed E-state index contributed by atoms with van der Waals surface area (Å²) in [7, 11) is 0. The Morgan fingerprint density at radius 2 is 0.962 bits per heavy atom. The largest absolute Gasteiger partial charge is 0.487 e. The lowest BCUT2D eigenvalue weighted by Crippen LogP contribution is -2.45. The molecule has 2 atom stereocenters. The number of carbonyl (C=O) groups is 2. The van der Waals surface area contributed by atoms with E-state index in [2.05, 4.69) is 10.6 Å². The van der Waals surface area contributed by atoms with Crippen LogP contribution in [0.3, 0.4) is 0 Å². The number of nitro groups is 2. The van der Waals surface area contributed by atoms with Gasteiger partial charge in [0.25, 0.3) is 23.2 Å². The minimum atomic E-state index is -1.89. The van der Waals surface area contributed by atoms with Crippen molar-refractivity contribution in [3.8, 4) is 11.5 Å². The number of nitrogens with zero attached hydrogens (tertiary/aromatic N) is 2. The van der Waals surface area contributed by atoms with Gasteiger partial charge in [-0.2, -0.15) is 0 Å². The van der Waals surface area contributed by atoms with Crippen LogP contribution in [-0.4, -0.2) is 56.3 Å². The van der Waals surface area contributed by atoms with E-state index < -0.39 is 46.1 Å². The Hall–Kier alpha value is -4.70. The maximum atomic E-state index is 12.3. The number of nitro benzene ring substituents is 2. The molecule has 2 unspecified atom stereocenters. The molecular weight excluding hydrogens is 766 g/mol. The van der Waals surface area contributed by atoms with E-state index >= 15 is 0 Å². The number of anilines is 2. The van der Waals surface area contributed by atoms with Crippen LogP contribution in [0.1, 0.15) is 25.0 Å². The van der Waals surface area contributed by atoms with E-state index in [1.807, 2.05) is 0 Å². The Kier molecular flexibility index (Phi) is 14.2. The third kappa shape index (κ3) is 11.1. The lowest BCUT2D eigenvalue weighted by atomic mass is 10.1. The van der Waals surface area contributed by atoms with Gasteiger partial charge in [-0.15, -0.1) is 0 Å². The molecule has 0 aliphatic carbocycles. The summed E-state index contributed by atoms with van der Waals surface area (Å²) < 4.78 is 10.8. The van der Waals surface area contributed by atoms with Crippen LogP contribution in [0.5, 0.6) is 11.5 Å². The number of halogens is 4. The summed E-state index contributed by atoms with van der Waals surface area (Å²) in [5.41, 5.74) is -2.52. The number of nitrogens with one attached hydrogen (secondary N) is 2. The summed E-state index contributed by atoms with van der Waals surface area (Å²) in [5.74, 6) is -1.16. The summed E-state index contributed by atoms with van der Waals surface area (Å²) in [5, 5.41) is 48.4. The quantitative estimate of drug-likeness (QED) is 0.0804. The van der Waals surface area contributed by atoms with Crippen molar-refractivity contribution in [2.75, 3.05) is 23.8 Å². The monoisotopic (exact) mass is 796 g/mol. The number of hydrogen-bond donors (Lipinski definition) is 4. The van der Waals surface area contributed by atoms with Crippen molar-refractivity contribution in [3.05, 3.63) is 124 Å². The van der Waals surface area contributed by atoms with Crippen LogP contribution >= 0.6 is 46.4 Å². The zero-order chi connectivity index (χ0) is 39.0. The molecule has 4 aromatic carbocycles. The Morgan fingerprint density at radius 3 is 1.23 bits per heavy atom. The van der Waals surface area contributed by atoms with E-state index in [9.17, 15) is 40.0 Å². The van der Waals surface area contributed by atoms with Crippen molar-refractivity contribution < 1.29 is 39.1 Å². The minimum absolute atomic E-state index is 0.0635. The SMILES string of the molecule is Cc1cc(NC(=O)C(C)(O)COc2c(Cl)cccc2Cl)ccc1[N+](=O)[O-].Cc1cc(NC(=O)C(C)(O)COc2c(Cl)cccc2Cl)ccc1[N+](=O)[O-]. The highest BCUT2D eigenvalue weighted by Gasteiger charge is 2.33. The van der Waals surface area contributed by atoms with Crippen molar-refractivity contribution in [1.82, 2.24) is 0 Å². The van der Waals surface area contributed by atoms with Gasteiger partial charge >= 0.3 is 0 Å². The molecule has 4 aromatic rings. The molecule has 0 aromatic heterocycles. The van der Waals surface area contributed by atoms with Gasteiger partial charge in [0.15, 0.2) is 22.7 Å². The van der Waals surface area contributed by atoms with Crippen LogP contribution in [0, 0.1) is 34.1 Å². The summed E-state index contributed by atoms with van der Waals surface area (Å²) in [6.07, 6.45) is 0. The van der Waals surface area contributed by atoms with Gasteiger partial charge in [0.05, 0.1) is 29.9 Å². The van der Waals surface area contributed by atoms with Crippen LogP contribution in [0.25, 0.3) is 0 Å². The molecule has 276 valence electrons. The first-order valence-electron chi connectivity index (χ1n) is 14.9. The highest BCUT2D eigenvalue weighted by molar-refractivity contribution is 6.37. The Balaban J connectivity index is 0.000000280. The molecule has 0 radical (unpaired) electrons. The second-order valence-electron chi connectivity index (χ2n) is 11.7. The molecule has 0 fully saturated rings. The maximum absolute atomic E-state index is 12.3. The molecule has 52 heavy (non-hydrogen) atoms. The highest BCUT2D eigenvalue weighted by atomic mass is 35.5. The number of ether oxygens (including phenoxy) is 2. The molecule has 14 nitrogen and oxygen atoms in total. The van der Waals surface area contributed by atoms with Crippen molar-refractivity contribution in [1.29, 1.82) is 0 Å². The standard InChI is InChI=1S/2C17H16Cl2N2O5/c2*1-10-8-11(6-7-14(10)21(24)25)20-16(22)17(2,23)9-26-15-12(18)4-3-5-13(15)19/h2*3-8,23H,9H2,1-2H3,(H,20,22). The summed E-state index contributed by atoms with van der Waals surface area (Å²) in [6.45, 7) is 4.85. The fourth-order valence-corrected chi connectivity index (χ4v) is 5.22. The average molecular weight is 798 g/mol. The molecule has 0 saturated heterocycles. The number of amides is 2. The number of aliphatic hydroxyl groups is 2. The third-order valence-corrected chi connectivity index (χ3v) is 8.30. The van der Waals surface area contributed by atoms with Gasteiger partial charge in [-0.25, -0.2) is 0 Å². The van der Waals surface area contributed by atoms with Crippen molar-refractivity contribution >= 4 is 81.0 Å². The zero-order valence-corrected chi connectivity index (χ0v) is 30.9. The number of benzene rings is 4. The molecule has 0 aliphatic heterocycles. The molecule has 0 bridgehead atoms. The molecule has 0 spiro atoms. The molecule has 0 aliphatic rings. The van der Waals surface area contributed by atoms with Crippen LogP contribution < -0.4 is 20.1 Å². The average Bonchev–Trinajstić information content (AvgIpc) is 3.04. The van der Waals surface area contributed by atoms with Crippen molar-refractivity contribution in [2.24, 2.45) is 0 Å². The van der Waals surface area contributed by atoms with Gasteiger partial charge in [0, 0.05) is 34.6 Å². The predicted octanol–water partition coefficient (Wildman–Crippen LogP) is 7.96. The van der Waals surface area contributed by atoms with Crippen molar-refractivity contribution in [3.63, 3.8) is 0 Å². The van der Waals surface area contributed by atoms with Crippen LogP contribution in [0.4, 0.5) is 22.7 Å². The first-order valence-corrected chi connectivity index (χ1v) is 16.5. The molecule has 18 heteroatoms. The Bertz CT molecular complexity index is 1810. The van der Waals surface area contributed by atoms with E-state index in [4.69, 9.17) is 55.9 Å². The summed E-state index contributed by atoms with van der Waals surface area (Å²) in [4.78, 5) is 45.3. The number of rotatable bonds is 12. The first-order chi connectivity index (χ1) is 24.2. The number of carbonyl (C=O) groups excluding carboxylic acids is 2. The molecule has 4 N–H and O–H groups in total. The van der Waals surface area contributed by atoms with E-state index in [1.54, 1.807) is 50.2 Å². The fourth-order valence-electron chi connectivity index (χ4n) is 4.20. The topological polar surface area (TPSA) is 203 Å². The van der Waals surface area contributed by atoms with Gasteiger partial charge in [-0.05, 0) is 76.2 Å². The number of aryl methyl sites for hydroxylation is 2. The van der Waals surface area contributed by atoms with E-state index in [0.717, 1.165) is 0 Å². The van der Waals surface area contributed by atoms with Gasteiger partial charge in [-0.3, -0.25) is 29.8 Å². The lowest BCUT2D eigenvalue weighted by Gasteiger charge is -2.23. The van der Waals surface area contributed by atoms with Crippen LogP contribution in [0.2, 0.25) is 20.1 Å². The minimum Gasteiger partial charge on any atom is -0.487 e. The van der Waals surface area contributed by atoms with Crippen LogP contribution in [-0.2, 0) is 9.59 Å². The summed E-state index contributed by atoms with van der Waals surface area (Å²) >= 11 is 23.9. The molecule has 2 amide bonds. The van der Waals surface area contributed by atoms with Crippen LogP contribution in [0.15, 0.2) is 72.8 Å². The fraction of sp³-hybridized carbons (Fsp3) is 0.235. The molecular formula is C34H32Cl4N4O10. The normalized spacial score (nSPS) is 13.0.